The molecule has 31 heavy (non-hydrogen) atoms. The Morgan fingerprint density at radius 2 is 1.81 bits per heavy atom. The first kappa shape index (κ1) is 20.4. The molecule has 2 heterocycles. The fourth-order valence-corrected chi connectivity index (χ4v) is 3.38. The summed E-state index contributed by atoms with van der Waals surface area (Å²) in [6.45, 7) is 1.88. The number of nitrogens with one attached hydrogen (secondary N) is 1. The van der Waals surface area contributed by atoms with Crippen LogP contribution >= 0.6 is 0 Å². The predicted molar refractivity (Wildman–Crippen MR) is 111 cm³/mol. The number of rotatable bonds is 6. The average Bonchev–Trinajstić information content (AvgIpc) is 3.11. The molecule has 4 rings (SSSR count). The van der Waals surface area contributed by atoms with Gasteiger partial charge in [0.15, 0.2) is 0 Å². The maximum absolute atomic E-state index is 13.5. The van der Waals surface area contributed by atoms with Gasteiger partial charge in [-0.1, -0.05) is 19.1 Å². The number of hydrogen-bond acceptors (Lipinski definition) is 4. The van der Waals surface area contributed by atoms with Gasteiger partial charge < -0.3 is 5.32 Å². The highest BCUT2D eigenvalue weighted by Crippen LogP contribution is 2.15. The van der Waals surface area contributed by atoms with Crippen LogP contribution in [0.5, 0.6) is 0 Å². The number of nitrogens with zero attached hydrogens (tertiary/aromatic N) is 4. The van der Waals surface area contributed by atoms with Crippen molar-refractivity contribution in [1.29, 1.82) is 0 Å². The van der Waals surface area contributed by atoms with Crippen molar-refractivity contribution in [1.82, 2.24) is 19.2 Å². The number of hydrogen-bond donors (Lipinski definition) is 1. The average molecular weight is 423 g/mol. The van der Waals surface area contributed by atoms with E-state index in [1.807, 2.05) is 6.92 Å². The Bertz CT molecular complexity index is 1310. The molecule has 0 spiro atoms. The lowest BCUT2D eigenvalue weighted by Crippen LogP contribution is -2.21. The zero-order valence-corrected chi connectivity index (χ0v) is 16.6. The summed E-state index contributed by atoms with van der Waals surface area (Å²) in [5.74, 6) is -0.696. The van der Waals surface area contributed by atoms with E-state index in [0.29, 0.717) is 23.6 Å². The lowest BCUT2D eigenvalue weighted by molar-refractivity contribution is -0.116. The number of amides is 1. The van der Waals surface area contributed by atoms with Crippen molar-refractivity contribution >= 4 is 17.2 Å². The van der Waals surface area contributed by atoms with E-state index in [1.54, 1.807) is 22.7 Å². The van der Waals surface area contributed by atoms with E-state index in [0.717, 1.165) is 0 Å². The summed E-state index contributed by atoms with van der Waals surface area (Å²) < 4.78 is 29.6. The second-order valence-corrected chi connectivity index (χ2v) is 7.33. The van der Waals surface area contributed by atoms with Gasteiger partial charge in [-0.15, -0.1) is 10.2 Å². The van der Waals surface area contributed by atoms with Crippen molar-refractivity contribution in [2.75, 3.05) is 5.32 Å². The quantitative estimate of drug-likeness (QED) is 0.516. The molecule has 0 aliphatic carbocycles. The first-order valence-corrected chi connectivity index (χ1v) is 9.67. The fourth-order valence-electron chi connectivity index (χ4n) is 3.38. The molecule has 4 aromatic rings. The van der Waals surface area contributed by atoms with Gasteiger partial charge in [-0.25, -0.2) is 8.78 Å². The molecule has 0 bridgehead atoms. The third-order valence-corrected chi connectivity index (χ3v) is 4.80. The van der Waals surface area contributed by atoms with Crippen LogP contribution in [0.3, 0.4) is 0 Å². The topological polar surface area (TPSA) is 81.3 Å². The fraction of sp³-hybridized carbons (Fsp3) is 0.182. The first-order chi connectivity index (χ1) is 14.9. The van der Waals surface area contributed by atoms with Gasteiger partial charge in [-0.3, -0.25) is 18.6 Å². The van der Waals surface area contributed by atoms with E-state index in [-0.39, 0.29) is 23.9 Å². The zero-order chi connectivity index (χ0) is 22.0. The van der Waals surface area contributed by atoms with Gasteiger partial charge in [0.05, 0.1) is 5.69 Å². The van der Waals surface area contributed by atoms with Gasteiger partial charge in [0, 0.05) is 30.9 Å². The largest absolute Gasteiger partial charge is 0.326 e. The van der Waals surface area contributed by atoms with Crippen LogP contribution in [0.1, 0.15) is 19.2 Å². The van der Waals surface area contributed by atoms with Gasteiger partial charge in [-0.05, 0) is 42.3 Å². The number of aromatic nitrogens is 4. The second-order valence-electron chi connectivity index (χ2n) is 7.33. The van der Waals surface area contributed by atoms with Crippen LogP contribution in [0.15, 0.2) is 65.7 Å². The molecule has 9 heteroatoms. The minimum Gasteiger partial charge on any atom is -0.326 e. The van der Waals surface area contributed by atoms with E-state index in [1.165, 1.54) is 47.2 Å². The molecule has 0 saturated heterocycles. The summed E-state index contributed by atoms with van der Waals surface area (Å²) in [7, 11) is 0. The third-order valence-electron chi connectivity index (χ3n) is 4.80. The Kier molecular flexibility index (Phi) is 5.57. The summed E-state index contributed by atoms with van der Waals surface area (Å²) in [6, 6.07) is 11.4. The normalized spacial score (nSPS) is 12.1. The van der Waals surface area contributed by atoms with Gasteiger partial charge in [0.2, 0.25) is 11.6 Å². The van der Waals surface area contributed by atoms with Crippen molar-refractivity contribution in [3.63, 3.8) is 0 Å². The van der Waals surface area contributed by atoms with Crippen LogP contribution in [0.2, 0.25) is 0 Å². The molecule has 2 aromatic carbocycles. The van der Waals surface area contributed by atoms with E-state index in [4.69, 9.17) is 0 Å². The molecule has 2 aromatic heterocycles. The molecule has 158 valence electrons. The lowest BCUT2D eigenvalue weighted by atomic mass is 10.0. The summed E-state index contributed by atoms with van der Waals surface area (Å²) in [5.41, 5.74) is 0.462. The molecule has 1 N–H and O–H groups in total. The highest BCUT2D eigenvalue weighted by atomic mass is 19.1. The lowest BCUT2D eigenvalue weighted by Gasteiger charge is -2.11. The molecule has 0 saturated carbocycles. The number of fused-ring (bicyclic) bond motifs is 1. The van der Waals surface area contributed by atoms with Gasteiger partial charge in [-0.2, -0.15) is 0 Å². The summed E-state index contributed by atoms with van der Waals surface area (Å²) in [6.07, 6.45) is 3.75. The van der Waals surface area contributed by atoms with Gasteiger partial charge >= 0.3 is 5.56 Å². The van der Waals surface area contributed by atoms with E-state index < -0.39 is 17.2 Å². The number of halogens is 2. The Morgan fingerprint density at radius 1 is 1.06 bits per heavy atom. The van der Waals surface area contributed by atoms with Crippen molar-refractivity contribution in [3.8, 4) is 5.69 Å². The summed E-state index contributed by atoms with van der Waals surface area (Å²) in [4.78, 5) is 25.0. The molecule has 7 nitrogen and oxygen atoms in total. The highest BCUT2D eigenvalue weighted by molar-refractivity contribution is 5.90. The maximum Gasteiger partial charge on any atom is 0.300 e. The molecule has 0 fully saturated rings. The molecule has 0 radical (unpaired) electrons. The number of carbonyl (C=O) groups is 1. The Balaban J connectivity index is 1.49. The second kappa shape index (κ2) is 8.47. The summed E-state index contributed by atoms with van der Waals surface area (Å²) >= 11 is 0. The van der Waals surface area contributed by atoms with E-state index >= 15 is 0 Å². The molecule has 1 amide bonds. The van der Waals surface area contributed by atoms with Crippen LogP contribution in [-0.2, 0) is 11.2 Å². The molecule has 0 aliphatic heterocycles. The molecule has 0 aliphatic rings. The first-order valence-electron chi connectivity index (χ1n) is 9.67. The Hall–Kier alpha value is -3.88. The van der Waals surface area contributed by atoms with Crippen LogP contribution < -0.4 is 10.9 Å². The molecular weight excluding hydrogens is 404 g/mol. The van der Waals surface area contributed by atoms with E-state index in [9.17, 15) is 18.4 Å². The zero-order valence-electron chi connectivity index (χ0n) is 16.6. The summed E-state index contributed by atoms with van der Waals surface area (Å²) in [5, 5.41) is 10.7. The predicted octanol–water partition coefficient (Wildman–Crippen LogP) is 3.37. The van der Waals surface area contributed by atoms with Crippen molar-refractivity contribution in [3.05, 3.63) is 88.7 Å². The third kappa shape index (κ3) is 4.50. The number of carbonyl (C=O) groups excluding carboxylic acids is 1. The minimum atomic E-state index is -0.447. The molecule has 1 atom stereocenters. The van der Waals surface area contributed by atoms with E-state index in [2.05, 4.69) is 15.5 Å². The molecule has 0 unspecified atom stereocenters. The Morgan fingerprint density at radius 3 is 2.55 bits per heavy atom. The SMILES string of the molecule is C[C@H](CC(=O)Nc1cccc(F)c1)Cc1nnc2c(=O)n(-c3cccc(F)c3)ccn12. The monoisotopic (exact) mass is 423 g/mol. The van der Waals surface area contributed by atoms with Crippen LogP contribution in [-0.4, -0.2) is 25.1 Å². The van der Waals surface area contributed by atoms with Gasteiger partial charge in [0.25, 0.3) is 0 Å². The maximum atomic E-state index is 13.5. The smallest absolute Gasteiger partial charge is 0.300 e. The Labute approximate surface area is 176 Å². The van der Waals surface area contributed by atoms with Gasteiger partial charge in [0.1, 0.15) is 17.5 Å². The van der Waals surface area contributed by atoms with Crippen LogP contribution in [0.4, 0.5) is 14.5 Å². The standard InChI is InChI=1S/C22H19F2N5O2/c1-14(11-20(30)25-17-6-2-4-15(23)12-17)10-19-26-27-21-22(31)28(8-9-29(19)21)18-7-3-5-16(24)13-18/h2-9,12-14H,10-11H2,1H3,(H,25,30)/t14-/m0/s1. The van der Waals surface area contributed by atoms with Crippen molar-refractivity contribution in [2.45, 2.75) is 19.8 Å². The minimum absolute atomic E-state index is 0.105. The van der Waals surface area contributed by atoms with Crippen molar-refractivity contribution in [2.24, 2.45) is 5.92 Å². The number of benzene rings is 2. The molecular formula is C22H19F2N5O2. The van der Waals surface area contributed by atoms with Crippen LogP contribution in [0, 0.1) is 17.6 Å². The highest BCUT2D eigenvalue weighted by Gasteiger charge is 2.16. The van der Waals surface area contributed by atoms with Crippen molar-refractivity contribution < 1.29 is 13.6 Å². The van der Waals surface area contributed by atoms with Crippen LogP contribution in [0.25, 0.3) is 11.3 Å². The number of anilines is 1.